The lowest BCUT2D eigenvalue weighted by Crippen LogP contribution is -2.40. The van der Waals surface area contributed by atoms with Gasteiger partial charge in [-0.3, -0.25) is 19.7 Å². The zero-order chi connectivity index (χ0) is 21.6. The van der Waals surface area contributed by atoms with Crippen LogP contribution in [0.2, 0.25) is 0 Å². The molecule has 4 rings (SSSR count). The maximum Gasteiger partial charge on any atom is 0.306 e. The molecule has 0 saturated carbocycles. The van der Waals surface area contributed by atoms with Gasteiger partial charge in [-0.2, -0.15) is 4.39 Å². The van der Waals surface area contributed by atoms with Crippen LogP contribution in [-0.2, 0) is 16.0 Å². The number of nitro groups is 1. The van der Waals surface area contributed by atoms with Gasteiger partial charge in [-0.05, 0) is 36.6 Å². The van der Waals surface area contributed by atoms with Crippen molar-refractivity contribution in [1.29, 1.82) is 0 Å². The van der Waals surface area contributed by atoms with E-state index in [9.17, 15) is 32.9 Å². The molecule has 10 heteroatoms. The van der Waals surface area contributed by atoms with E-state index in [4.69, 9.17) is 0 Å². The summed E-state index contributed by atoms with van der Waals surface area (Å²) in [7, 11) is 0. The molecular weight excluding hydrogens is 403 g/mol. The van der Waals surface area contributed by atoms with Crippen LogP contribution in [0.3, 0.4) is 0 Å². The van der Waals surface area contributed by atoms with Gasteiger partial charge < -0.3 is 9.80 Å². The number of fused-ring (bicyclic) bond motifs is 1. The van der Waals surface area contributed by atoms with Crippen LogP contribution in [0, 0.1) is 33.5 Å². The number of hydrogen-bond donors (Lipinski definition) is 0. The maximum atomic E-state index is 13.7. The fraction of sp³-hybridized carbons (Fsp3) is 0.300. The average Bonchev–Trinajstić information content (AvgIpc) is 3.10. The summed E-state index contributed by atoms with van der Waals surface area (Å²) in [5.74, 6) is -4.67. The summed E-state index contributed by atoms with van der Waals surface area (Å²) in [6.45, 7) is 0.263. The molecule has 0 radical (unpaired) electrons. The van der Waals surface area contributed by atoms with Crippen molar-refractivity contribution >= 4 is 28.9 Å². The van der Waals surface area contributed by atoms with E-state index in [1.807, 2.05) is 0 Å². The molecule has 0 bridgehead atoms. The Labute approximate surface area is 168 Å². The molecule has 1 fully saturated rings. The first-order valence-corrected chi connectivity index (χ1v) is 9.30. The van der Waals surface area contributed by atoms with Crippen LogP contribution in [0.15, 0.2) is 30.3 Å². The van der Waals surface area contributed by atoms with Crippen LogP contribution < -0.4 is 9.80 Å². The van der Waals surface area contributed by atoms with Gasteiger partial charge in [-0.1, -0.05) is 0 Å². The zero-order valence-corrected chi connectivity index (χ0v) is 15.6. The second-order valence-electron chi connectivity index (χ2n) is 7.29. The van der Waals surface area contributed by atoms with Crippen LogP contribution >= 0.6 is 0 Å². The number of aryl methyl sites for hydroxylation is 1. The molecule has 0 N–H and O–H groups in total. The zero-order valence-electron chi connectivity index (χ0n) is 15.6. The van der Waals surface area contributed by atoms with Gasteiger partial charge in [0, 0.05) is 37.3 Å². The van der Waals surface area contributed by atoms with Crippen LogP contribution in [0.4, 0.5) is 30.2 Å². The Kier molecular flexibility index (Phi) is 4.92. The highest BCUT2D eigenvalue weighted by molar-refractivity contribution is 6.05. The van der Waals surface area contributed by atoms with Crippen molar-refractivity contribution in [3.63, 3.8) is 0 Å². The summed E-state index contributed by atoms with van der Waals surface area (Å²) in [4.78, 5) is 38.2. The molecule has 7 nitrogen and oxygen atoms in total. The largest absolute Gasteiger partial charge is 0.312 e. The van der Waals surface area contributed by atoms with E-state index < -0.39 is 45.8 Å². The van der Waals surface area contributed by atoms with E-state index in [0.717, 1.165) is 24.3 Å². The van der Waals surface area contributed by atoms with E-state index >= 15 is 0 Å². The minimum atomic E-state index is -1.06. The summed E-state index contributed by atoms with van der Waals surface area (Å²) < 4.78 is 40.9. The predicted octanol–water partition coefficient (Wildman–Crippen LogP) is 3.34. The molecule has 0 aliphatic carbocycles. The molecule has 2 aliphatic heterocycles. The first-order chi connectivity index (χ1) is 14.3. The summed E-state index contributed by atoms with van der Waals surface area (Å²) in [6, 6.07) is 5.15. The molecule has 2 amide bonds. The minimum absolute atomic E-state index is 0.0457. The number of halogens is 3. The fourth-order valence-corrected chi connectivity index (χ4v) is 3.96. The van der Waals surface area contributed by atoms with Crippen molar-refractivity contribution < 1.29 is 27.7 Å². The maximum absolute atomic E-state index is 13.7. The highest BCUT2D eigenvalue weighted by atomic mass is 19.2. The van der Waals surface area contributed by atoms with E-state index in [1.54, 1.807) is 0 Å². The molecule has 0 aromatic heterocycles. The molecule has 156 valence electrons. The van der Waals surface area contributed by atoms with Crippen LogP contribution in [-0.4, -0.2) is 29.8 Å². The topological polar surface area (TPSA) is 83.8 Å². The molecule has 1 atom stereocenters. The highest BCUT2D eigenvalue weighted by Gasteiger charge is 2.39. The van der Waals surface area contributed by atoms with Crippen molar-refractivity contribution in [3.8, 4) is 0 Å². The first-order valence-electron chi connectivity index (χ1n) is 9.30. The number of carbonyl (C=O) groups is 2. The van der Waals surface area contributed by atoms with Gasteiger partial charge in [0.2, 0.25) is 17.6 Å². The lowest BCUT2D eigenvalue weighted by molar-refractivity contribution is -0.387. The lowest BCUT2D eigenvalue weighted by atomic mass is 9.98. The number of amides is 2. The van der Waals surface area contributed by atoms with E-state index in [2.05, 4.69) is 0 Å². The third-order valence-electron chi connectivity index (χ3n) is 5.42. The Morgan fingerprint density at radius 3 is 2.57 bits per heavy atom. The molecule has 2 heterocycles. The number of nitrogens with zero attached hydrogens (tertiary/aromatic N) is 3. The lowest BCUT2D eigenvalue weighted by Gasteiger charge is -2.31. The third kappa shape index (κ3) is 3.38. The molecule has 30 heavy (non-hydrogen) atoms. The van der Waals surface area contributed by atoms with Crippen molar-refractivity contribution in [3.05, 3.63) is 63.5 Å². The van der Waals surface area contributed by atoms with Crippen LogP contribution in [0.25, 0.3) is 0 Å². The normalized spacial score (nSPS) is 18.5. The average molecular weight is 419 g/mol. The molecule has 1 saturated heterocycles. The Balaban J connectivity index is 1.59. The van der Waals surface area contributed by atoms with Gasteiger partial charge in [-0.25, -0.2) is 8.78 Å². The van der Waals surface area contributed by atoms with Crippen LogP contribution in [0.5, 0.6) is 0 Å². The standard InChI is InChI=1S/C20H16F3N3O4/c21-14-4-3-13(8-18(14)26(29)30)25-10-12(7-19(25)27)20(28)24-5-1-2-11-6-15(22)16(23)9-17(11)24/h3-4,6,8-9,12H,1-2,5,7,10H2. The van der Waals surface area contributed by atoms with E-state index in [-0.39, 0.29) is 24.3 Å². The van der Waals surface area contributed by atoms with Crippen molar-refractivity contribution in [2.24, 2.45) is 5.92 Å². The summed E-state index contributed by atoms with van der Waals surface area (Å²) in [5.41, 5.74) is 0.158. The Bertz CT molecular complexity index is 1080. The number of rotatable bonds is 3. The van der Waals surface area contributed by atoms with E-state index in [0.29, 0.717) is 24.9 Å². The monoisotopic (exact) mass is 419 g/mol. The van der Waals surface area contributed by atoms with E-state index in [1.165, 1.54) is 15.9 Å². The quantitative estimate of drug-likeness (QED) is 0.564. The number of anilines is 2. The number of hydrogen-bond acceptors (Lipinski definition) is 4. The molecule has 1 unspecified atom stereocenters. The Morgan fingerprint density at radius 2 is 1.83 bits per heavy atom. The molecular formula is C20H16F3N3O4. The number of benzene rings is 2. The van der Waals surface area contributed by atoms with Gasteiger partial charge in [0.1, 0.15) is 0 Å². The first kappa shape index (κ1) is 19.9. The minimum Gasteiger partial charge on any atom is -0.312 e. The Morgan fingerprint density at radius 1 is 1.10 bits per heavy atom. The highest BCUT2D eigenvalue weighted by Crippen LogP contribution is 2.34. The number of nitro benzene ring substituents is 1. The van der Waals surface area contributed by atoms with Gasteiger partial charge >= 0.3 is 5.69 Å². The van der Waals surface area contributed by atoms with Gasteiger partial charge in [0.15, 0.2) is 11.6 Å². The van der Waals surface area contributed by atoms with Gasteiger partial charge in [-0.15, -0.1) is 0 Å². The third-order valence-corrected chi connectivity index (χ3v) is 5.42. The van der Waals surface area contributed by atoms with Crippen LogP contribution in [0.1, 0.15) is 18.4 Å². The molecule has 2 aromatic rings. The molecule has 2 aliphatic rings. The summed E-state index contributed by atoms with van der Waals surface area (Å²) >= 11 is 0. The summed E-state index contributed by atoms with van der Waals surface area (Å²) in [5, 5.41) is 11.0. The SMILES string of the molecule is O=C1CC(C(=O)N2CCCc3cc(F)c(F)cc32)CN1c1ccc(F)c([N+](=O)[O-])c1. The second kappa shape index (κ2) is 7.43. The van der Waals surface area contributed by atoms with Gasteiger partial charge in [0.25, 0.3) is 0 Å². The molecule has 0 spiro atoms. The molecule has 2 aromatic carbocycles. The summed E-state index contributed by atoms with van der Waals surface area (Å²) in [6.07, 6.45) is 0.934. The smallest absolute Gasteiger partial charge is 0.306 e. The predicted molar refractivity (Wildman–Crippen MR) is 101 cm³/mol. The van der Waals surface area contributed by atoms with Crippen molar-refractivity contribution in [1.82, 2.24) is 0 Å². The van der Waals surface area contributed by atoms with Gasteiger partial charge in [0.05, 0.1) is 16.5 Å². The van der Waals surface area contributed by atoms with Crippen molar-refractivity contribution in [2.75, 3.05) is 22.9 Å². The number of carbonyl (C=O) groups excluding carboxylic acids is 2. The second-order valence-corrected chi connectivity index (χ2v) is 7.29. The van der Waals surface area contributed by atoms with Crippen molar-refractivity contribution in [2.45, 2.75) is 19.3 Å². The Hall–Kier alpha value is -3.43. The fourth-order valence-electron chi connectivity index (χ4n) is 3.96.